The van der Waals surface area contributed by atoms with Crippen LogP contribution in [0.25, 0.3) is 0 Å². The Hall–Kier alpha value is -2.37. The van der Waals surface area contributed by atoms with Gasteiger partial charge >= 0.3 is 11.9 Å². The fraction of sp³-hybridized carbons (Fsp3) is 0.654. The summed E-state index contributed by atoms with van der Waals surface area (Å²) in [5.41, 5.74) is 0.381. The molecule has 6 nitrogen and oxygen atoms in total. The average molecular weight is 449 g/mol. The van der Waals surface area contributed by atoms with Crippen molar-refractivity contribution in [1.29, 1.82) is 0 Å². The zero-order valence-electron chi connectivity index (χ0n) is 20.5. The van der Waals surface area contributed by atoms with Crippen LogP contribution in [0.1, 0.15) is 91.0 Å². The second kappa shape index (κ2) is 14.6. The van der Waals surface area contributed by atoms with Crippen molar-refractivity contribution in [3.05, 3.63) is 23.8 Å². The molecule has 1 aromatic carbocycles. The minimum Gasteiger partial charge on any atom is -0.493 e. The first-order valence-electron chi connectivity index (χ1n) is 11.7. The maximum Gasteiger partial charge on any atom is 0.316 e. The molecule has 6 heteroatoms. The minimum absolute atomic E-state index is 0.115. The van der Waals surface area contributed by atoms with E-state index in [1.165, 1.54) is 7.11 Å². The molecule has 32 heavy (non-hydrogen) atoms. The maximum atomic E-state index is 12.2. The van der Waals surface area contributed by atoms with Crippen LogP contribution in [0.15, 0.2) is 18.2 Å². The molecule has 0 spiro atoms. The molecule has 0 unspecified atom stereocenters. The zero-order chi connectivity index (χ0) is 24.0. The summed E-state index contributed by atoms with van der Waals surface area (Å²) in [7, 11) is 1.54. The highest BCUT2D eigenvalue weighted by atomic mass is 16.6. The molecular formula is C26H40O6. The van der Waals surface area contributed by atoms with Crippen molar-refractivity contribution >= 4 is 17.7 Å². The van der Waals surface area contributed by atoms with Gasteiger partial charge in [-0.25, -0.2) is 0 Å². The summed E-state index contributed by atoms with van der Waals surface area (Å²) in [6.45, 7) is 7.66. The lowest BCUT2D eigenvalue weighted by molar-refractivity contribution is -0.144. The quantitative estimate of drug-likeness (QED) is 0.191. The van der Waals surface area contributed by atoms with E-state index in [1.807, 2.05) is 19.1 Å². The highest BCUT2D eigenvalue weighted by molar-refractivity contribution is 5.79. The number of methoxy groups -OCH3 is 1. The van der Waals surface area contributed by atoms with E-state index in [9.17, 15) is 14.4 Å². The van der Waals surface area contributed by atoms with Gasteiger partial charge in [-0.15, -0.1) is 0 Å². The first kappa shape index (κ1) is 27.7. The summed E-state index contributed by atoms with van der Waals surface area (Å²) < 4.78 is 15.7. The van der Waals surface area contributed by atoms with Crippen molar-refractivity contribution < 1.29 is 28.6 Å². The summed E-state index contributed by atoms with van der Waals surface area (Å²) in [4.78, 5) is 35.6. The molecule has 1 rings (SSSR count). The van der Waals surface area contributed by atoms with E-state index in [-0.39, 0.29) is 17.7 Å². The number of Topliss-reactive ketones (excluding diaryl/α,β-unsaturated/α-hetero) is 1. The molecular weight excluding hydrogens is 408 g/mol. The van der Waals surface area contributed by atoms with Crippen LogP contribution in [0.4, 0.5) is 0 Å². The molecule has 0 aromatic heterocycles. The van der Waals surface area contributed by atoms with Crippen LogP contribution >= 0.6 is 0 Å². The molecule has 0 radical (unpaired) electrons. The molecule has 0 heterocycles. The molecule has 0 amide bonds. The van der Waals surface area contributed by atoms with Gasteiger partial charge in [-0.3, -0.25) is 14.4 Å². The number of hydrogen-bond acceptors (Lipinski definition) is 6. The number of rotatable bonds is 15. The SMILES string of the molecule is CCOC(=O)CCCCCCCCC(=O)CCc1ccc(OC(=O)C(C)(C)C)c(OC)c1. The van der Waals surface area contributed by atoms with Gasteiger partial charge in [-0.1, -0.05) is 31.7 Å². The molecule has 0 atom stereocenters. The molecule has 0 aliphatic rings. The second-order valence-corrected chi connectivity index (χ2v) is 9.09. The van der Waals surface area contributed by atoms with Crippen LogP contribution in [0.2, 0.25) is 0 Å². The summed E-state index contributed by atoms with van der Waals surface area (Å²) in [5.74, 6) is 0.712. The smallest absolute Gasteiger partial charge is 0.316 e. The lowest BCUT2D eigenvalue weighted by atomic mass is 9.97. The third-order valence-corrected chi connectivity index (χ3v) is 5.13. The van der Waals surface area contributed by atoms with Crippen molar-refractivity contribution in [1.82, 2.24) is 0 Å². The van der Waals surface area contributed by atoms with Crippen molar-refractivity contribution in [2.24, 2.45) is 5.41 Å². The summed E-state index contributed by atoms with van der Waals surface area (Å²) in [5, 5.41) is 0. The average Bonchev–Trinajstić information content (AvgIpc) is 2.74. The molecule has 0 fully saturated rings. The highest BCUT2D eigenvalue weighted by Crippen LogP contribution is 2.30. The first-order chi connectivity index (χ1) is 15.2. The Bertz CT molecular complexity index is 732. The number of carbonyl (C=O) groups excluding carboxylic acids is 3. The van der Waals surface area contributed by atoms with E-state index in [0.717, 1.165) is 44.1 Å². The molecule has 0 saturated carbocycles. The summed E-state index contributed by atoms with van der Waals surface area (Å²) in [6.07, 6.45) is 8.22. The number of ketones is 1. The van der Waals surface area contributed by atoms with Crippen LogP contribution in [-0.2, 0) is 25.5 Å². The molecule has 0 aliphatic carbocycles. The van der Waals surface area contributed by atoms with Gasteiger partial charge in [0.15, 0.2) is 11.5 Å². The van der Waals surface area contributed by atoms with Crippen molar-refractivity contribution in [3.8, 4) is 11.5 Å². The van der Waals surface area contributed by atoms with Crippen LogP contribution in [0.5, 0.6) is 11.5 Å². The van der Waals surface area contributed by atoms with Crippen LogP contribution in [-0.4, -0.2) is 31.4 Å². The zero-order valence-corrected chi connectivity index (χ0v) is 20.5. The second-order valence-electron chi connectivity index (χ2n) is 9.09. The Morgan fingerprint density at radius 3 is 2.06 bits per heavy atom. The molecule has 1 aromatic rings. The summed E-state index contributed by atoms with van der Waals surface area (Å²) >= 11 is 0. The van der Waals surface area contributed by atoms with Crippen molar-refractivity contribution in [2.45, 2.75) is 91.9 Å². The number of hydrogen-bond donors (Lipinski definition) is 0. The van der Waals surface area contributed by atoms with Crippen molar-refractivity contribution in [3.63, 3.8) is 0 Å². The third kappa shape index (κ3) is 11.3. The maximum absolute atomic E-state index is 12.2. The van der Waals surface area contributed by atoms with Crippen molar-refractivity contribution in [2.75, 3.05) is 13.7 Å². The van der Waals surface area contributed by atoms with Gasteiger partial charge in [-0.05, 0) is 64.7 Å². The standard InChI is InChI=1S/C26H40O6/c1-6-31-24(28)14-12-10-8-7-9-11-13-21(27)17-15-20-16-18-22(23(19-20)30-5)32-25(29)26(2,3)4/h16,18-19H,6-15,17H2,1-5H3. The predicted molar refractivity (Wildman–Crippen MR) is 125 cm³/mol. The minimum atomic E-state index is -0.598. The van der Waals surface area contributed by atoms with E-state index in [0.29, 0.717) is 43.8 Å². The molecule has 0 N–H and O–H groups in total. The fourth-order valence-electron chi connectivity index (χ4n) is 3.15. The topological polar surface area (TPSA) is 78.9 Å². The number of esters is 2. The largest absolute Gasteiger partial charge is 0.493 e. The van der Waals surface area contributed by atoms with Gasteiger partial charge in [0.2, 0.25) is 0 Å². The Morgan fingerprint density at radius 1 is 0.844 bits per heavy atom. The van der Waals surface area contributed by atoms with Gasteiger partial charge in [-0.2, -0.15) is 0 Å². The highest BCUT2D eigenvalue weighted by Gasteiger charge is 2.25. The summed E-state index contributed by atoms with van der Waals surface area (Å²) in [6, 6.07) is 5.43. The van der Waals surface area contributed by atoms with Gasteiger partial charge < -0.3 is 14.2 Å². The van der Waals surface area contributed by atoms with E-state index in [4.69, 9.17) is 14.2 Å². The van der Waals surface area contributed by atoms with E-state index in [1.54, 1.807) is 26.8 Å². The lowest BCUT2D eigenvalue weighted by Gasteiger charge is -2.18. The van der Waals surface area contributed by atoms with Gasteiger partial charge in [0.25, 0.3) is 0 Å². The van der Waals surface area contributed by atoms with Crippen LogP contribution < -0.4 is 9.47 Å². The Morgan fingerprint density at radius 2 is 1.47 bits per heavy atom. The van der Waals surface area contributed by atoms with Gasteiger partial charge in [0.05, 0.1) is 19.1 Å². The number of unbranched alkanes of at least 4 members (excludes halogenated alkanes) is 5. The first-order valence-corrected chi connectivity index (χ1v) is 11.7. The Kier molecular flexibility index (Phi) is 12.7. The predicted octanol–water partition coefficient (Wildman–Crippen LogP) is 5.83. The van der Waals surface area contributed by atoms with E-state index in [2.05, 4.69) is 0 Å². The number of benzene rings is 1. The van der Waals surface area contributed by atoms with Crippen LogP contribution in [0, 0.1) is 5.41 Å². The number of aryl methyl sites for hydroxylation is 1. The van der Waals surface area contributed by atoms with E-state index >= 15 is 0 Å². The third-order valence-electron chi connectivity index (χ3n) is 5.13. The Labute approximate surface area is 193 Å². The van der Waals surface area contributed by atoms with Gasteiger partial charge in [0.1, 0.15) is 5.78 Å². The molecule has 0 saturated heterocycles. The molecule has 0 aliphatic heterocycles. The lowest BCUT2D eigenvalue weighted by Crippen LogP contribution is -2.25. The monoisotopic (exact) mass is 448 g/mol. The normalized spacial score (nSPS) is 11.2. The Balaban J connectivity index is 2.27. The fourth-order valence-corrected chi connectivity index (χ4v) is 3.15. The van der Waals surface area contributed by atoms with Gasteiger partial charge in [0, 0.05) is 19.3 Å². The molecule has 180 valence electrons. The number of carbonyl (C=O) groups is 3. The van der Waals surface area contributed by atoms with E-state index < -0.39 is 5.41 Å². The van der Waals surface area contributed by atoms with Crippen LogP contribution in [0.3, 0.4) is 0 Å². The number of ether oxygens (including phenoxy) is 3. The molecule has 0 bridgehead atoms.